The molecule has 0 spiro atoms. The number of rotatable bonds is 7. The summed E-state index contributed by atoms with van der Waals surface area (Å²) in [6, 6.07) is 6.33. The predicted molar refractivity (Wildman–Crippen MR) is 74.2 cm³/mol. The van der Waals surface area contributed by atoms with Crippen LogP contribution < -0.4 is 10.1 Å². The van der Waals surface area contributed by atoms with E-state index in [2.05, 4.69) is 14.1 Å². The Morgan fingerprint density at radius 3 is 3.05 bits per heavy atom. The van der Waals surface area contributed by atoms with Gasteiger partial charge in [-0.05, 0) is 24.6 Å². The number of nitrogens with zero attached hydrogens (tertiary/aromatic N) is 2. The Kier molecular flexibility index (Phi) is 5.40. The van der Waals surface area contributed by atoms with Crippen LogP contribution in [0.5, 0.6) is 5.88 Å². The Morgan fingerprint density at radius 1 is 1.50 bits per heavy atom. The van der Waals surface area contributed by atoms with E-state index in [9.17, 15) is 9.50 Å². The first-order valence-corrected chi connectivity index (χ1v) is 6.95. The topological polar surface area (TPSA) is 67.3 Å². The van der Waals surface area contributed by atoms with Crippen LogP contribution in [0.25, 0.3) is 0 Å². The van der Waals surface area contributed by atoms with Crippen molar-refractivity contribution < 1.29 is 14.2 Å². The van der Waals surface area contributed by atoms with Crippen molar-refractivity contribution in [3.8, 4) is 5.88 Å². The van der Waals surface area contributed by atoms with E-state index in [0.717, 1.165) is 17.3 Å². The van der Waals surface area contributed by atoms with Crippen LogP contribution in [0.3, 0.4) is 0 Å². The van der Waals surface area contributed by atoms with Crippen LogP contribution in [0.2, 0.25) is 0 Å². The molecular weight excluding hydrogens is 281 g/mol. The molecule has 20 heavy (non-hydrogen) atoms. The van der Waals surface area contributed by atoms with Gasteiger partial charge in [-0.2, -0.15) is 4.37 Å². The lowest BCUT2D eigenvalue weighted by Gasteiger charge is -2.17. The molecule has 0 aliphatic carbocycles. The number of halogens is 1. The second-order valence-electron chi connectivity index (χ2n) is 4.40. The molecule has 2 N–H and O–H groups in total. The predicted octanol–water partition coefficient (Wildman–Crippen LogP) is 1.77. The first-order chi connectivity index (χ1) is 9.65. The minimum absolute atomic E-state index is 0.0544. The van der Waals surface area contributed by atoms with Gasteiger partial charge in [0.15, 0.2) is 0 Å². The van der Waals surface area contributed by atoms with Crippen molar-refractivity contribution in [1.29, 1.82) is 0 Å². The summed E-state index contributed by atoms with van der Waals surface area (Å²) in [5, 5.41) is 12.9. The highest BCUT2D eigenvalue weighted by Crippen LogP contribution is 2.13. The number of hydrogen-bond donors (Lipinski definition) is 2. The molecule has 0 saturated carbocycles. The molecule has 0 amide bonds. The normalized spacial score (nSPS) is 13.9. The first-order valence-electron chi connectivity index (χ1n) is 6.22. The smallest absolute Gasteiger partial charge is 0.245 e. The molecule has 2 rings (SSSR count). The van der Waals surface area contributed by atoms with E-state index in [1.165, 1.54) is 18.3 Å². The summed E-state index contributed by atoms with van der Waals surface area (Å²) in [7, 11) is 0. The van der Waals surface area contributed by atoms with Crippen molar-refractivity contribution in [3.63, 3.8) is 0 Å². The zero-order valence-corrected chi connectivity index (χ0v) is 11.8. The van der Waals surface area contributed by atoms with Crippen LogP contribution in [-0.2, 0) is 0 Å². The van der Waals surface area contributed by atoms with Crippen molar-refractivity contribution in [3.05, 3.63) is 41.8 Å². The minimum atomic E-state index is -0.673. The maximum Gasteiger partial charge on any atom is 0.245 e. The fraction of sp³-hybridized carbons (Fsp3) is 0.385. The molecule has 2 aromatic rings. The lowest BCUT2D eigenvalue weighted by molar-refractivity contribution is 0.102. The monoisotopic (exact) mass is 297 g/mol. The van der Waals surface area contributed by atoms with Crippen LogP contribution in [0.15, 0.2) is 30.5 Å². The molecule has 1 aromatic carbocycles. The van der Waals surface area contributed by atoms with E-state index < -0.39 is 6.10 Å². The number of aliphatic hydroxyl groups is 1. The molecule has 0 aliphatic rings. The van der Waals surface area contributed by atoms with Gasteiger partial charge in [0.1, 0.15) is 24.7 Å². The summed E-state index contributed by atoms with van der Waals surface area (Å²) in [6.45, 7) is 2.39. The van der Waals surface area contributed by atoms with Gasteiger partial charge in [0.05, 0.1) is 11.7 Å². The number of benzene rings is 1. The van der Waals surface area contributed by atoms with Crippen LogP contribution >= 0.6 is 11.7 Å². The average Bonchev–Trinajstić information content (AvgIpc) is 2.95. The fourth-order valence-electron chi connectivity index (χ4n) is 1.67. The first kappa shape index (κ1) is 14.8. The molecule has 1 heterocycles. The third-order valence-corrected chi connectivity index (χ3v) is 3.23. The van der Waals surface area contributed by atoms with Crippen LogP contribution in [0.1, 0.15) is 18.5 Å². The SMILES string of the molecule is CC(NCC(O)COc1cnsn1)c1cccc(F)c1. The zero-order chi connectivity index (χ0) is 14.4. The largest absolute Gasteiger partial charge is 0.473 e. The summed E-state index contributed by atoms with van der Waals surface area (Å²) in [4.78, 5) is 0. The maximum atomic E-state index is 13.1. The lowest BCUT2D eigenvalue weighted by Crippen LogP contribution is -2.33. The standard InChI is InChI=1S/C13H16FN3O2S/c1-9(10-3-2-4-11(14)5-10)15-6-12(18)8-19-13-7-16-20-17-13/h2-5,7,9,12,15,18H,6,8H2,1H3. The van der Waals surface area contributed by atoms with Gasteiger partial charge in [-0.1, -0.05) is 12.1 Å². The number of hydrogen-bond acceptors (Lipinski definition) is 6. The van der Waals surface area contributed by atoms with Crippen molar-refractivity contribution in [2.75, 3.05) is 13.2 Å². The minimum Gasteiger partial charge on any atom is -0.473 e. The Bertz CT molecular complexity index is 524. The van der Waals surface area contributed by atoms with E-state index >= 15 is 0 Å². The Labute approximate surface area is 120 Å². The average molecular weight is 297 g/mol. The number of nitrogens with one attached hydrogen (secondary N) is 1. The molecule has 7 heteroatoms. The fourth-order valence-corrected chi connectivity index (χ4v) is 2.03. The summed E-state index contributed by atoms with van der Waals surface area (Å²) in [5.74, 6) is 0.142. The number of aliphatic hydroxyl groups excluding tert-OH is 1. The second-order valence-corrected chi connectivity index (χ2v) is 4.95. The highest BCUT2D eigenvalue weighted by atomic mass is 32.1. The van der Waals surface area contributed by atoms with Gasteiger partial charge in [-0.15, -0.1) is 4.37 Å². The van der Waals surface area contributed by atoms with Crippen LogP contribution in [-0.4, -0.2) is 33.1 Å². The van der Waals surface area contributed by atoms with Crippen molar-refractivity contribution in [2.45, 2.75) is 19.1 Å². The van der Waals surface area contributed by atoms with Gasteiger partial charge in [0.2, 0.25) is 5.88 Å². The van der Waals surface area contributed by atoms with E-state index in [0.29, 0.717) is 12.4 Å². The summed E-state index contributed by atoms with van der Waals surface area (Å²) in [6.07, 6.45) is 0.827. The second kappa shape index (κ2) is 7.28. The molecule has 0 bridgehead atoms. The van der Waals surface area contributed by atoms with Gasteiger partial charge < -0.3 is 15.2 Å². The molecular formula is C13H16FN3O2S. The Morgan fingerprint density at radius 2 is 2.35 bits per heavy atom. The van der Waals surface area contributed by atoms with Gasteiger partial charge in [0, 0.05) is 12.6 Å². The third-order valence-electron chi connectivity index (χ3n) is 2.77. The molecule has 0 aliphatic heterocycles. The molecule has 1 aromatic heterocycles. The Balaban J connectivity index is 1.73. The number of ether oxygens (including phenoxy) is 1. The van der Waals surface area contributed by atoms with Crippen LogP contribution in [0, 0.1) is 5.82 Å². The highest BCUT2D eigenvalue weighted by molar-refractivity contribution is 6.99. The summed E-state index contributed by atoms with van der Waals surface area (Å²) in [5.41, 5.74) is 0.835. The highest BCUT2D eigenvalue weighted by Gasteiger charge is 2.10. The third kappa shape index (κ3) is 4.52. The molecule has 0 saturated heterocycles. The molecule has 0 fully saturated rings. The van der Waals surface area contributed by atoms with Gasteiger partial charge in [-0.25, -0.2) is 4.39 Å². The molecule has 2 atom stereocenters. The van der Waals surface area contributed by atoms with E-state index in [4.69, 9.17) is 4.74 Å². The van der Waals surface area contributed by atoms with Crippen molar-refractivity contribution in [1.82, 2.24) is 14.1 Å². The van der Waals surface area contributed by atoms with Gasteiger partial charge >= 0.3 is 0 Å². The summed E-state index contributed by atoms with van der Waals surface area (Å²) >= 11 is 1.05. The maximum absolute atomic E-state index is 13.1. The quantitative estimate of drug-likeness (QED) is 0.815. The Hall–Kier alpha value is -1.57. The number of aromatic nitrogens is 2. The van der Waals surface area contributed by atoms with Gasteiger partial charge in [0.25, 0.3) is 0 Å². The van der Waals surface area contributed by atoms with Crippen molar-refractivity contribution in [2.24, 2.45) is 0 Å². The molecule has 108 valence electrons. The van der Waals surface area contributed by atoms with E-state index in [-0.39, 0.29) is 18.5 Å². The molecule has 5 nitrogen and oxygen atoms in total. The lowest BCUT2D eigenvalue weighted by atomic mass is 10.1. The van der Waals surface area contributed by atoms with Gasteiger partial charge in [-0.3, -0.25) is 0 Å². The van der Waals surface area contributed by atoms with Crippen molar-refractivity contribution >= 4 is 11.7 Å². The van der Waals surface area contributed by atoms with E-state index in [1.54, 1.807) is 6.07 Å². The molecule has 2 unspecified atom stereocenters. The molecule has 0 radical (unpaired) electrons. The zero-order valence-electron chi connectivity index (χ0n) is 11.0. The van der Waals surface area contributed by atoms with Crippen LogP contribution in [0.4, 0.5) is 4.39 Å². The summed E-state index contributed by atoms with van der Waals surface area (Å²) < 4.78 is 26.0. The van der Waals surface area contributed by atoms with E-state index in [1.807, 2.05) is 13.0 Å².